The normalized spacial score (nSPS) is 10.3. The number of rotatable bonds is 2. The number of nitrogens with one attached hydrogen (secondary N) is 1. The fraction of sp³-hybridized carbons (Fsp3) is 0.0769. The Hall–Kier alpha value is -1.74. The quantitative estimate of drug-likeness (QED) is 0.787. The molecule has 3 N–H and O–H groups in total. The van der Waals surface area contributed by atoms with E-state index in [0.717, 1.165) is 11.3 Å². The van der Waals surface area contributed by atoms with Crippen LogP contribution in [0.4, 0.5) is 21.5 Å². The number of nitrogen functional groups attached to an aromatic ring is 1. The van der Waals surface area contributed by atoms with Crippen molar-refractivity contribution in [2.45, 2.75) is 6.92 Å². The van der Waals surface area contributed by atoms with Gasteiger partial charge < -0.3 is 11.1 Å². The Morgan fingerprint density at radius 1 is 1.18 bits per heavy atom. The zero-order valence-electron chi connectivity index (χ0n) is 9.30. The van der Waals surface area contributed by atoms with Gasteiger partial charge in [-0.1, -0.05) is 23.7 Å². The predicted molar refractivity (Wildman–Crippen MR) is 70.3 cm³/mol. The van der Waals surface area contributed by atoms with E-state index in [2.05, 4.69) is 5.32 Å². The first-order valence-electron chi connectivity index (χ1n) is 5.15. The fourth-order valence-electron chi connectivity index (χ4n) is 1.55. The SMILES string of the molecule is Cc1cc(N)c(Cl)cc1Nc1ccccc1F. The molecule has 0 aromatic heterocycles. The van der Waals surface area contributed by atoms with Crippen molar-refractivity contribution < 1.29 is 4.39 Å². The second kappa shape index (κ2) is 4.63. The van der Waals surface area contributed by atoms with Gasteiger partial charge in [0.05, 0.1) is 16.4 Å². The maximum absolute atomic E-state index is 13.5. The van der Waals surface area contributed by atoms with Crippen LogP contribution in [0.15, 0.2) is 36.4 Å². The van der Waals surface area contributed by atoms with Gasteiger partial charge in [0.25, 0.3) is 0 Å². The van der Waals surface area contributed by atoms with E-state index in [1.165, 1.54) is 6.07 Å². The summed E-state index contributed by atoms with van der Waals surface area (Å²) in [6, 6.07) is 9.92. The van der Waals surface area contributed by atoms with E-state index in [9.17, 15) is 4.39 Å². The highest BCUT2D eigenvalue weighted by Gasteiger charge is 2.06. The number of hydrogen-bond acceptors (Lipinski definition) is 2. The van der Waals surface area contributed by atoms with Crippen LogP contribution in [0, 0.1) is 12.7 Å². The van der Waals surface area contributed by atoms with Gasteiger partial charge in [-0.3, -0.25) is 0 Å². The third kappa shape index (κ3) is 2.50. The van der Waals surface area contributed by atoms with Crippen LogP contribution >= 0.6 is 11.6 Å². The standard InChI is InChI=1S/C13H12ClFN2/c1-8-6-11(16)9(14)7-13(8)17-12-5-3-2-4-10(12)15/h2-7,17H,16H2,1H3. The predicted octanol–water partition coefficient (Wildman–Crippen LogP) is 4.11. The van der Waals surface area contributed by atoms with Crippen molar-refractivity contribution in [3.8, 4) is 0 Å². The zero-order valence-corrected chi connectivity index (χ0v) is 10.1. The minimum Gasteiger partial charge on any atom is -0.398 e. The molecule has 2 nitrogen and oxygen atoms in total. The topological polar surface area (TPSA) is 38.0 Å². The lowest BCUT2D eigenvalue weighted by Gasteiger charge is -2.12. The van der Waals surface area contributed by atoms with Crippen LogP contribution in [0.1, 0.15) is 5.56 Å². The first-order chi connectivity index (χ1) is 8.08. The van der Waals surface area contributed by atoms with Crippen LogP contribution in [-0.4, -0.2) is 0 Å². The molecule has 4 heteroatoms. The highest BCUT2D eigenvalue weighted by atomic mass is 35.5. The Bertz CT molecular complexity index is 555. The van der Waals surface area contributed by atoms with Crippen LogP contribution < -0.4 is 11.1 Å². The van der Waals surface area contributed by atoms with E-state index in [1.54, 1.807) is 30.3 Å². The Morgan fingerprint density at radius 3 is 2.59 bits per heavy atom. The number of para-hydroxylation sites is 1. The van der Waals surface area contributed by atoms with Gasteiger partial charge in [0.15, 0.2) is 0 Å². The van der Waals surface area contributed by atoms with Crippen molar-refractivity contribution in [3.05, 3.63) is 52.8 Å². The molecule has 2 aromatic carbocycles. The molecule has 0 aliphatic heterocycles. The lowest BCUT2D eigenvalue weighted by atomic mass is 10.1. The van der Waals surface area contributed by atoms with Gasteiger partial charge in [-0.25, -0.2) is 4.39 Å². The Balaban J connectivity index is 2.37. The lowest BCUT2D eigenvalue weighted by Crippen LogP contribution is -1.97. The second-order valence-electron chi connectivity index (χ2n) is 3.79. The van der Waals surface area contributed by atoms with Crippen LogP contribution in [0.25, 0.3) is 0 Å². The van der Waals surface area contributed by atoms with Crippen molar-refractivity contribution in [2.24, 2.45) is 0 Å². The van der Waals surface area contributed by atoms with Gasteiger partial charge in [-0.2, -0.15) is 0 Å². The molecular formula is C13H12ClFN2. The first-order valence-corrected chi connectivity index (χ1v) is 5.53. The van der Waals surface area contributed by atoms with Crippen LogP contribution in [0.2, 0.25) is 5.02 Å². The summed E-state index contributed by atoms with van der Waals surface area (Å²) in [6.07, 6.45) is 0. The molecule has 0 aliphatic rings. The summed E-state index contributed by atoms with van der Waals surface area (Å²) < 4.78 is 13.5. The fourth-order valence-corrected chi connectivity index (χ4v) is 1.71. The number of nitrogens with two attached hydrogens (primary N) is 1. The molecule has 0 fully saturated rings. The summed E-state index contributed by atoms with van der Waals surface area (Å²) in [6.45, 7) is 1.88. The molecule has 0 radical (unpaired) electrons. The average molecular weight is 251 g/mol. The first kappa shape index (κ1) is 11.7. The van der Waals surface area contributed by atoms with Gasteiger partial charge in [-0.05, 0) is 36.8 Å². The number of aryl methyl sites for hydroxylation is 1. The Labute approximate surface area is 104 Å². The van der Waals surface area contributed by atoms with E-state index >= 15 is 0 Å². The van der Waals surface area contributed by atoms with Crippen molar-refractivity contribution >= 4 is 28.7 Å². The number of anilines is 3. The smallest absolute Gasteiger partial charge is 0.146 e. The molecule has 2 aromatic rings. The van der Waals surface area contributed by atoms with E-state index in [0.29, 0.717) is 16.4 Å². The molecule has 0 atom stereocenters. The van der Waals surface area contributed by atoms with Crippen molar-refractivity contribution in [3.63, 3.8) is 0 Å². The number of benzene rings is 2. The van der Waals surface area contributed by atoms with E-state index in [4.69, 9.17) is 17.3 Å². The lowest BCUT2D eigenvalue weighted by molar-refractivity contribution is 0.632. The highest BCUT2D eigenvalue weighted by Crippen LogP contribution is 2.29. The summed E-state index contributed by atoms with van der Waals surface area (Å²) >= 11 is 5.93. The van der Waals surface area contributed by atoms with Crippen molar-refractivity contribution in [2.75, 3.05) is 11.1 Å². The minimum absolute atomic E-state index is 0.306. The Morgan fingerprint density at radius 2 is 1.88 bits per heavy atom. The second-order valence-corrected chi connectivity index (χ2v) is 4.20. The van der Waals surface area contributed by atoms with Crippen molar-refractivity contribution in [1.29, 1.82) is 0 Å². The van der Waals surface area contributed by atoms with Crippen LogP contribution in [-0.2, 0) is 0 Å². The molecular weight excluding hydrogens is 239 g/mol. The van der Waals surface area contributed by atoms with Gasteiger partial charge in [0.2, 0.25) is 0 Å². The molecule has 0 amide bonds. The molecule has 0 bridgehead atoms. The van der Waals surface area contributed by atoms with Gasteiger partial charge in [0.1, 0.15) is 5.82 Å². The van der Waals surface area contributed by atoms with Gasteiger partial charge in [-0.15, -0.1) is 0 Å². The minimum atomic E-state index is -0.306. The van der Waals surface area contributed by atoms with Gasteiger partial charge >= 0.3 is 0 Å². The maximum atomic E-state index is 13.5. The number of halogens is 2. The summed E-state index contributed by atoms with van der Waals surface area (Å²) in [5.41, 5.74) is 8.27. The van der Waals surface area contributed by atoms with E-state index < -0.39 is 0 Å². The molecule has 88 valence electrons. The van der Waals surface area contributed by atoms with Crippen molar-refractivity contribution in [1.82, 2.24) is 0 Å². The van der Waals surface area contributed by atoms with Crippen LogP contribution in [0.3, 0.4) is 0 Å². The molecule has 2 rings (SSSR count). The third-order valence-corrected chi connectivity index (χ3v) is 2.81. The summed E-state index contributed by atoms with van der Waals surface area (Å²) in [4.78, 5) is 0. The average Bonchev–Trinajstić information content (AvgIpc) is 2.29. The summed E-state index contributed by atoms with van der Waals surface area (Å²) in [7, 11) is 0. The zero-order chi connectivity index (χ0) is 12.4. The third-order valence-electron chi connectivity index (χ3n) is 2.49. The molecule has 0 heterocycles. The van der Waals surface area contributed by atoms with E-state index in [1.807, 2.05) is 6.92 Å². The summed E-state index contributed by atoms with van der Waals surface area (Å²) in [5.74, 6) is -0.306. The molecule has 0 unspecified atom stereocenters. The molecule has 0 saturated carbocycles. The van der Waals surface area contributed by atoms with E-state index in [-0.39, 0.29) is 5.82 Å². The molecule has 0 aliphatic carbocycles. The van der Waals surface area contributed by atoms with Crippen LogP contribution in [0.5, 0.6) is 0 Å². The molecule has 0 spiro atoms. The van der Waals surface area contributed by atoms with Gasteiger partial charge in [0, 0.05) is 5.69 Å². The number of hydrogen-bond donors (Lipinski definition) is 2. The molecule has 0 saturated heterocycles. The largest absolute Gasteiger partial charge is 0.398 e. The highest BCUT2D eigenvalue weighted by molar-refractivity contribution is 6.33. The monoisotopic (exact) mass is 250 g/mol. The summed E-state index contributed by atoms with van der Waals surface area (Å²) in [5, 5.41) is 3.45. The Kier molecular flexibility index (Phi) is 3.20. The molecule has 17 heavy (non-hydrogen) atoms. The maximum Gasteiger partial charge on any atom is 0.146 e.